The molecule has 0 fully saturated rings. The number of carbonyl (C=O) groups excluding carboxylic acids is 1. The molecule has 0 bridgehead atoms. The van der Waals surface area contributed by atoms with Gasteiger partial charge in [0.05, 0.1) is 33.2 Å². The standard InChI is InChI=1S/C21H20FN3O4/c1-27-17-10-16(11-18(28-2)20(17)29-3)24-15-8-9-19(23-12-15)25-21(26)13-4-6-14(22)7-5-13/h4-12,24H,1-3H3,(H,23,25,26). The highest BCUT2D eigenvalue weighted by atomic mass is 19.1. The first kappa shape index (κ1) is 19.9. The van der Waals surface area contributed by atoms with E-state index in [2.05, 4.69) is 15.6 Å². The molecule has 3 aromatic rings. The summed E-state index contributed by atoms with van der Waals surface area (Å²) in [5.41, 5.74) is 1.75. The Morgan fingerprint density at radius 1 is 0.897 bits per heavy atom. The fraction of sp³-hybridized carbons (Fsp3) is 0.143. The van der Waals surface area contributed by atoms with Gasteiger partial charge in [0.2, 0.25) is 5.75 Å². The van der Waals surface area contributed by atoms with Gasteiger partial charge < -0.3 is 24.8 Å². The highest BCUT2D eigenvalue weighted by Crippen LogP contribution is 2.40. The molecule has 150 valence electrons. The van der Waals surface area contributed by atoms with Crippen LogP contribution in [0.3, 0.4) is 0 Å². The van der Waals surface area contributed by atoms with Crippen molar-refractivity contribution in [3.05, 3.63) is 66.1 Å². The molecule has 7 nitrogen and oxygen atoms in total. The van der Waals surface area contributed by atoms with E-state index in [1.807, 2.05) is 0 Å². The number of ether oxygens (including phenoxy) is 3. The first-order chi connectivity index (χ1) is 14.0. The minimum Gasteiger partial charge on any atom is -0.493 e. The van der Waals surface area contributed by atoms with Gasteiger partial charge in [-0.25, -0.2) is 9.37 Å². The third-order valence-corrected chi connectivity index (χ3v) is 4.06. The Morgan fingerprint density at radius 2 is 1.55 bits per heavy atom. The van der Waals surface area contributed by atoms with Crippen LogP contribution in [0.5, 0.6) is 17.2 Å². The van der Waals surface area contributed by atoms with E-state index in [0.29, 0.717) is 40.0 Å². The molecule has 0 saturated carbocycles. The summed E-state index contributed by atoms with van der Waals surface area (Å²) in [5, 5.41) is 5.85. The smallest absolute Gasteiger partial charge is 0.256 e. The molecule has 1 amide bonds. The van der Waals surface area contributed by atoms with Crippen molar-refractivity contribution in [2.75, 3.05) is 32.0 Å². The Bertz CT molecular complexity index is 967. The van der Waals surface area contributed by atoms with Crippen molar-refractivity contribution >= 4 is 23.1 Å². The SMILES string of the molecule is COc1cc(Nc2ccc(NC(=O)c3ccc(F)cc3)nc2)cc(OC)c1OC. The molecular formula is C21H20FN3O4. The van der Waals surface area contributed by atoms with Crippen LogP contribution in [0.15, 0.2) is 54.7 Å². The molecule has 29 heavy (non-hydrogen) atoms. The van der Waals surface area contributed by atoms with Crippen molar-refractivity contribution in [3.63, 3.8) is 0 Å². The maximum absolute atomic E-state index is 13.0. The fourth-order valence-electron chi connectivity index (χ4n) is 2.65. The van der Waals surface area contributed by atoms with Gasteiger partial charge in [-0.15, -0.1) is 0 Å². The topological polar surface area (TPSA) is 81.7 Å². The van der Waals surface area contributed by atoms with Crippen molar-refractivity contribution in [2.24, 2.45) is 0 Å². The maximum atomic E-state index is 13.0. The van der Waals surface area contributed by atoms with Crippen LogP contribution < -0.4 is 24.8 Å². The zero-order valence-electron chi connectivity index (χ0n) is 16.2. The number of halogens is 1. The van der Waals surface area contributed by atoms with Gasteiger partial charge in [0.25, 0.3) is 5.91 Å². The maximum Gasteiger partial charge on any atom is 0.256 e. The molecule has 0 unspecified atom stereocenters. The summed E-state index contributed by atoms with van der Waals surface area (Å²) in [4.78, 5) is 16.4. The van der Waals surface area contributed by atoms with Crippen LogP contribution in [-0.2, 0) is 0 Å². The summed E-state index contributed by atoms with van der Waals surface area (Å²) >= 11 is 0. The lowest BCUT2D eigenvalue weighted by Gasteiger charge is -2.15. The average Bonchev–Trinajstić information content (AvgIpc) is 2.74. The number of carbonyl (C=O) groups is 1. The molecule has 3 rings (SSSR count). The number of nitrogens with one attached hydrogen (secondary N) is 2. The van der Waals surface area contributed by atoms with E-state index in [-0.39, 0.29) is 5.91 Å². The van der Waals surface area contributed by atoms with E-state index in [4.69, 9.17) is 14.2 Å². The van der Waals surface area contributed by atoms with Gasteiger partial charge in [-0.3, -0.25) is 4.79 Å². The molecule has 0 radical (unpaired) electrons. The Balaban J connectivity index is 1.72. The molecular weight excluding hydrogens is 377 g/mol. The third-order valence-electron chi connectivity index (χ3n) is 4.06. The Hall–Kier alpha value is -3.81. The molecule has 0 aliphatic rings. The van der Waals surface area contributed by atoms with Crippen LogP contribution >= 0.6 is 0 Å². The number of benzene rings is 2. The van der Waals surface area contributed by atoms with E-state index in [1.165, 1.54) is 31.4 Å². The van der Waals surface area contributed by atoms with Gasteiger partial charge in [0, 0.05) is 23.4 Å². The number of nitrogens with zero attached hydrogens (tertiary/aromatic N) is 1. The predicted molar refractivity (Wildman–Crippen MR) is 108 cm³/mol. The number of aromatic nitrogens is 1. The van der Waals surface area contributed by atoms with Crippen LogP contribution in [0.1, 0.15) is 10.4 Å². The lowest BCUT2D eigenvalue weighted by Crippen LogP contribution is -2.12. The third kappa shape index (κ3) is 4.73. The van der Waals surface area contributed by atoms with Crippen molar-refractivity contribution in [1.29, 1.82) is 0 Å². The van der Waals surface area contributed by atoms with E-state index in [0.717, 1.165) is 0 Å². The minimum absolute atomic E-state index is 0.341. The molecule has 8 heteroatoms. The van der Waals surface area contributed by atoms with Gasteiger partial charge in [-0.2, -0.15) is 0 Å². The number of rotatable bonds is 7. The zero-order chi connectivity index (χ0) is 20.8. The summed E-state index contributed by atoms with van der Waals surface area (Å²) in [6, 6.07) is 12.2. The molecule has 2 N–H and O–H groups in total. The second-order valence-electron chi connectivity index (χ2n) is 5.93. The summed E-state index contributed by atoms with van der Waals surface area (Å²) in [6.07, 6.45) is 1.57. The molecule has 0 aliphatic carbocycles. The Kier molecular flexibility index (Phi) is 6.13. The average molecular weight is 397 g/mol. The van der Waals surface area contributed by atoms with Gasteiger partial charge in [0.15, 0.2) is 11.5 Å². The van der Waals surface area contributed by atoms with E-state index in [1.54, 1.807) is 44.7 Å². The van der Waals surface area contributed by atoms with E-state index in [9.17, 15) is 9.18 Å². The summed E-state index contributed by atoms with van der Waals surface area (Å²) in [7, 11) is 4.62. The van der Waals surface area contributed by atoms with Gasteiger partial charge in [0.1, 0.15) is 11.6 Å². The lowest BCUT2D eigenvalue weighted by molar-refractivity contribution is 0.102. The highest BCUT2D eigenvalue weighted by molar-refractivity contribution is 6.03. The first-order valence-corrected chi connectivity index (χ1v) is 8.64. The minimum atomic E-state index is -0.401. The zero-order valence-corrected chi connectivity index (χ0v) is 16.2. The molecule has 0 aliphatic heterocycles. The Labute approximate surface area is 167 Å². The number of pyridine rings is 1. The van der Waals surface area contributed by atoms with Gasteiger partial charge >= 0.3 is 0 Å². The molecule has 1 aromatic heterocycles. The normalized spacial score (nSPS) is 10.2. The molecule has 2 aromatic carbocycles. The van der Waals surface area contributed by atoms with Crippen LogP contribution in [0.2, 0.25) is 0 Å². The van der Waals surface area contributed by atoms with Gasteiger partial charge in [-0.1, -0.05) is 0 Å². The van der Waals surface area contributed by atoms with E-state index >= 15 is 0 Å². The molecule has 0 saturated heterocycles. The molecule has 0 spiro atoms. The second kappa shape index (κ2) is 8.92. The van der Waals surface area contributed by atoms with E-state index < -0.39 is 5.82 Å². The second-order valence-corrected chi connectivity index (χ2v) is 5.93. The number of methoxy groups -OCH3 is 3. The van der Waals surface area contributed by atoms with Crippen molar-refractivity contribution in [2.45, 2.75) is 0 Å². The monoisotopic (exact) mass is 397 g/mol. The first-order valence-electron chi connectivity index (χ1n) is 8.64. The van der Waals surface area contributed by atoms with Crippen LogP contribution in [0.4, 0.5) is 21.6 Å². The predicted octanol–water partition coefficient (Wildman–Crippen LogP) is 4.24. The highest BCUT2D eigenvalue weighted by Gasteiger charge is 2.13. The van der Waals surface area contributed by atoms with Crippen molar-refractivity contribution in [3.8, 4) is 17.2 Å². The van der Waals surface area contributed by atoms with Crippen molar-refractivity contribution in [1.82, 2.24) is 4.98 Å². The van der Waals surface area contributed by atoms with Crippen LogP contribution in [0.25, 0.3) is 0 Å². The van der Waals surface area contributed by atoms with Crippen LogP contribution in [0, 0.1) is 5.82 Å². The largest absolute Gasteiger partial charge is 0.493 e. The van der Waals surface area contributed by atoms with Crippen LogP contribution in [-0.4, -0.2) is 32.2 Å². The fourth-order valence-corrected chi connectivity index (χ4v) is 2.65. The lowest BCUT2D eigenvalue weighted by atomic mass is 10.2. The van der Waals surface area contributed by atoms with Crippen molar-refractivity contribution < 1.29 is 23.4 Å². The molecule has 1 heterocycles. The van der Waals surface area contributed by atoms with Gasteiger partial charge in [-0.05, 0) is 36.4 Å². The number of hydrogen-bond donors (Lipinski definition) is 2. The number of amides is 1. The summed E-state index contributed by atoms with van der Waals surface area (Å²) in [5.74, 6) is 1.13. The Morgan fingerprint density at radius 3 is 2.07 bits per heavy atom. The number of hydrogen-bond acceptors (Lipinski definition) is 6. The number of anilines is 3. The molecule has 0 atom stereocenters. The summed E-state index contributed by atoms with van der Waals surface area (Å²) < 4.78 is 28.9. The summed E-state index contributed by atoms with van der Waals surface area (Å²) in [6.45, 7) is 0. The quantitative estimate of drug-likeness (QED) is 0.621.